The second-order valence-corrected chi connectivity index (χ2v) is 7.64. The van der Waals surface area contributed by atoms with Crippen molar-refractivity contribution in [2.45, 2.75) is 32.7 Å². The van der Waals surface area contributed by atoms with E-state index in [0.29, 0.717) is 23.1 Å². The molecule has 1 aromatic carbocycles. The van der Waals surface area contributed by atoms with Gasteiger partial charge in [-0.05, 0) is 57.5 Å². The molecule has 0 saturated carbocycles. The fraction of sp³-hybridized carbons (Fsp3) is 0.474. The molecule has 3 aromatic rings. The molecule has 0 radical (unpaired) electrons. The third-order valence-corrected chi connectivity index (χ3v) is 5.94. The van der Waals surface area contributed by atoms with Crippen molar-refractivity contribution in [3.63, 3.8) is 0 Å². The van der Waals surface area contributed by atoms with Gasteiger partial charge in [-0.15, -0.1) is 5.10 Å². The number of methoxy groups -OCH3 is 1. The Kier molecular flexibility index (Phi) is 4.92. The number of thiazole rings is 1. The summed E-state index contributed by atoms with van der Waals surface area (Å²) in [5.74, 6) is 2.25. The first-order chi connectivity index (χ1) is 13.1. The largest absolute Gasteiger partial charge is 0.493 e. The molecule has 3 heterocycles. The lowest BCUT2D eigenvalue weighted by molar-refractivity contribution is 0.274. The Morgan fingerprint density at radius 2 is 2.04 bits per heavy atom. The van der Waals surface area contributed by atoms with Gasteiger partial charge in [-0.3, -0.25) is 4.90 Å². The molecule has 1 unspecified atom stereocenters. The zero-order chi connectivity index (χ0) is 19.0. The van der Waals surface area contributed by atoms with Gasteiger partial charge in [0.05, 0.1) is 24.6 Å². The summed E-state index contributed by atoms with van der Waals surface area (Å²) in [6.07, 6.45) is 2.32. The van der Waals surface area contributed by atoms with E-state index in [4.69, 9.17) is 9.47 Å². The van der Waals surface area contributed by atoms with E-state index in [1.807, 2.05) is 26.0 Å². The van der Waals surface area contributed by atoms with Crippen LogP contribution >= 0.6 is 11.3 Å². The van der Waals surface area contributed by atoms with Crippen LogP contribution in [0, 0.1) is 6.92 Å². The summed E-state index contributed by atoms with van der Waals surface area (Å²) in [5, 5.41) is 15.2. The van der Waals surface area contributed by atoms with E-state index < -0.39 is 0 Å². The van der Waals surface area contributed by atoms with Gasteiger partial charge in [0.25, 0.3) is 0 Å². The van der Waals surface area contributed by atoms with Gasteiger partial charge in [0.15, 0.2) is 11.5 Å². The molecule has 1 aliphatic heterocycles. The molecule has 7 nitrogen and oxygen atoms in total. The van der Waals surface area contributed by atoms with Crippen LogP contribution in [-0.2, 0) is 0 Å². The first-order valence-corrected chi connectivity index (χ1v) is 10.0. The number of aromatic nitrogens is 3. The van der Waals surface area contributed by atoms with Gasteiger partial charge in [-0.1, -0.05) is 17.4 Å². The number of likely N-dealkylation sites (tertiary alicyclic amines) is 1. The van der Waals surface area contributed by atoms with Crippen LogP contribution in [0.5, 0.6) is 17.4 Å². The lowest BCUT2D eigenvalue weighted by Crippen LogP contribution is -2.26. The van der Waals surface area contributed by atoms with Crippen LogP contribution in [0.1, 0.15) is 42.1 Å². The third kappa shape index (κ3) is 3.23. The maximum atomic E-state index is 10.8. The zero-order valence-corrected chi connectivity index (χ0v) is 16.6. The van der Waals surface area contributed by atoms with Gasteiger partial charge in [0.1, 0.15) is 5.82 Å². The fourth-order valence-corrected chi connectivity index (χ4v) is 4.85. The highest BCUT2D eigenvalue weighted by Gasteiger charge is 2.31. The highest BCUT2D eigenvalue weighted by Crippen LogP contribution is 2.43. The molecule has 2 aromatic heterocycles. The van der Waals surface area contributed by atoms with Crippen LogP contribution in [-0.4, -0.2) is 51.4 Å². The standard InChI is InChI=1S/C19H24N4O3S/c1-4-26-14-8-7-13(11-15(14)25-3)16(22-9-5-6-10-22)17-18(24)23-19(27-17)20-12(2)21-23/h7-8,11,16,24H,4-6,9-10H2,1-3H3. The van der Waals surface area contributed by atoms with Crippen molar-refractivity contribution in [3.05, 3.63) is 34.5 Å². The molecular formula is C19H24N4O3S. The number of hydrogen-bond acceptors (Lipinski definition) is 7. The van der Waals surface area contributed by atoms with Crippen molar-refractivity contribution in [2.75, 3.05) is 26.8 Å². The minimum absolute atomic E-state index is 0.0640. The summed E-state index contributed by atoms with van der Waals surface area (Å²) < 4.78 is 12.7. The molecule has 1 fully saturated rings. The Bertz CT molecular complexity index is 946. The Balaban J connectivity index is 1.81. The summed E-state index contributed by atoms with van der Waals surface area (Å²) in [4.78, 5) is 8.38. The van der Waals surface area contributed by atoms with E-state index in [1.54, 1.807) is 7.11 Å². The number of fused-ring (bicyclic) bond motifs is 1. The molecule has 1 saturated heterocycles. The van der Waals surface area contributed by atoms with Crippen LogP contribution in [0.2, 0.25) is 0 Å². The molecule has 1 atom stereocenters. The Morgan fingerprint density at radius 3 is 2.70 bits per heavy atom. The van der Waals surface area contributed by atoms with Crippen molar-refractivity contribution in [1.29, 1.82) is 0 Å². The second kappa shape index (κ2) is 7.36. The topological polar surface area (TPSA) is 72.1 Å². The fourth-order valence-electron chi connectivity index (χ4n) is 3.68. The molecule has 1 aliphatic rings. The van der Waals surface area contributed by atoms with Crippen LogP contribution in [0.3, 0.4) is 0 Å². The maximum Gasteiger partial charge on any atom is 0.230 e. The first kappa shape index (κ1) is 18.1. The minimum Gasteiger partial charge on any atom is -0.493 e. The SMILES string of the molecule is CCOc1ccc(C(c2sc3nc(C)nn3c2O)N2CCCC2)cc1OC. The number of ether oxygens (including phenoxy) is 2. The van der Waals surface area contributed by atoms with Gasteiger partial charge < -0.3 is 14.6 Å². The second-order valence-electron chi connectivity index (χ2n) is 6.63. The summed E-state index contributed by atoms with van der Waals surface area (Å²) in [6, 6.07) is 5.94. The van der Waals surface area contributed by atoms with Gasteiger partial charge >= 0.3 is 0 Å². The number of nitrogens with zero attached hydrogens (tertiary/aromatic N) is 4. The maximum absolute atomic E-state index is 10.8. The van der Waals surface area contributed by atoms with Crippen molar-refractivity contribution >= 4 is 16.3 Å². The molecule has 8 heteroatoms. The molecular weight excluding hydrogens is 364 g/mol. The molecule has 4 rings (SSSR count). The van der Waals surface area contributed by atoms with Gasteiger partial charge in [-0.2, -0.15) is 4.52 Å². The smallest absolute Gasteiger partial charge is 0.230 e. The average molecular weight is 388 g/mol. The molecule has 0 bridgehead atoms. The average Bonchev–Trinajstić information content (AvgIpc) is 3.37. The zero-order valence-electron chi connectivity index (χ0n) is 15.8. The highest BCUT2D eigenvalue weighted by molar-refractivity contribution is 7.17. The molecule has 0 spiro atoms. The molecule has 0 aliphatic carbocycles. The summed E-state index contributed by atoms with van der Waals surface area (Å²) in [7, 11) is 1.65. The predicted molar refractivity (Wildman–Crippen MR) is 104 cm³/mol. The number of rotatable bonds is 6. The van der Waals surface area contributed by atoms with Crippen LogP contribution in [0.4, 0.5) is 0 Å². The summed E-state index contributed by atoms with van der Waals surface area (Å²) in [5.41, 5.74) is 1.06. The summed E-state index contributed by atoms with van der Waals surface area (Å²) in [6.45, 7) is 6.35. The molecule has 144 valence electrons. The summed E-state index contributed by atoms with van der Waals surface area (Å²) >= 11 is 1.49. The van der Waals surface area contributed by atoms with Gasteiger partial charge in [0, 0.05) is 0 Å². The Morgan fingerprint density at radius 1 is 1.26 bits per heavy atom. The highest BCUT2D eigenvalue weighted by atomic mass is 32.1. The van der Waals surface area contributed by atoms with Gasteiger partial charge in [0.2, 0.25) is 10.8 Å². The number of benzene rings is 1. The van der Waals surface area contributed by atoms with E-state index in [2.05, 4.69) is 21.0 Å². The van der Waals surface area contributed by atoms with E-state index in [0.717, 1.165) is 42.1 Å². The van der Waals surface area contributed by atoms with Crippen LogP contribution < -0.4 is 9.47 Å². The lowest BCUT2D eigenvalue weighted by atomic mass is 10.0. The predicted octanol–water partition coefficient (Wildman–Crippen LogP) is 3.40. The van der Waals surface area contributed by atoms with Crippen molar-refractivity contribution in [2.24, 2.45) is 0 Å². The number of aryl methyl sites for hydroxylation is 1. The normalized spacial score (nSPS) is 16.1. The van der Waals surface area contributed by atoms with E-state index >= 15 is 0 Å². The Hall–Kier alpha value is -2.32. The van der Waals surface area contributed by atoms with Crippen molar-refractivity contribution in [3.8, 4) is 17.4 Å². The van der Waals surface area contributed by atoms with Gasteiger partial charge in [-0.25, -0.2) is 4.98 Å². The Labute approximate surface area is 162 Å². The third-order valence-electron chi connectivity index (χ3n) is 4.86. The quantitative estimate of drug-likeness (QED) is 0.698. The van der Waals surface area contributed by atoms with Crippen LogP contribution in [0.15, 0.2) is 18.2 Å². The number of aromatic hydroxyl groups is 1. The molecule has 27 heavy (non-hydrogen) atoms. The molecule has 0 amide bonds. The van der Waals surface area contributed by atoms with Crippen molar-refractivity contribution in [1.82, 2.24) is 19.5 Å². The number of hydrogen-bond donors (Lipinski definition) is 1. The monoisotopic (exact) mass is 388 g/mol. The van der Waals surface area contributed by atoms with E-state index in [9.17, 15) is 5.11 Å². The van der Waals surface area contributed by atoms with Crippen molar-refractivity contribution < 1.29 is 14.6 Å². The van der Waals surface area contributed by atoms with Crippen LogP contribution in [0.25, 0.3) is 4.96 Å². The minimum atomic E-state index is -0.0640. The lowest BCUT2D eigenvalue weighted by Gasteiger charge is -2.27. The van der Waals surface area contributed by atoms with E-state index in [1.165, 1.54) is 15.9 Å². The van der Waals surface area contributed by atoms with E-state index in [-0.39, 0.29) is 11.9 Å². The molecule has 1 N–H and O–H groups in total. The first-order valence-electron chi connectivity index (χ1n) is 9.22.